The van der Waals surface area contributed by atoms with Crippen molar-refractivity contribution in [3.8, 4) is 0 Å². The Balaban J connectivity index is 0. The number of rotatable bonds is 2. The fourth-order valence-electron chi connectivity index (χ4n) is 0.387. The Labute approximate surface area is 68.9 Å². The third-order valence-electron chi connectivity index (χ3n) is 0.603. The fraction of sp³-hybridized carbons (Fsp3) is 0.800. The molecule has 2 nitrogen and oxygen atoms in total. The van der Waals surface area contributed by atoms with Crippen LogP contribution in [-0.4, -0.2) is 19.5 Å². The maximum atomic E-state index is 9.95. The SMILES string of the molecule is Br.C[As+](C)(C)CC(=O)[O-]. The van der Waals surface area contributed by atoms with Crippen LogP contribution in [0.2, 0.25) is 22.3 Å². The van der Waals surface area contributed by atoms with Crippen LogP contribution in [0.3, 0.4) is 0 Å². The molecule has 9 heavy (non-hydrogen) atoms. The van der Waals surface area contributed by atoms with Crippen molar-refractivity contribution in [2.24, 2.45) is 0 Å². The minimum absolute atomic E-state index is 0. The van der Waals surface area contributed by atoms with Crippen LogP contribution in [0.5, 0.6) is 0 Å². The van der Waals surface area contributed by atoms with Crippen LogP contribution in [0, 0.1) is 0 Å². The summed E-state index contributed by atoms with van der Waals surface area (Å²) in [5.41, 5.74) is 6.11. The van der Waals surface area contributed by atoms with Crippen LogP contribution >= 0.6 is 17.0 Å². The number of carboxylic acids is 1. The van der Waals surface area contributed by atoms with Gasteiger partial charge in [0.1, 0.15) is 0 Å². The summed E-state index contributed by atoms with van der Waals surface area (Å²) in [7, 11) is 0. The summed E-state index contributed by atoms with van der Waals surface area (Å²) in [6.07, 6.45) is 0. The molecular formula is C5H12AsBrO2. The van der Waals surface area contributed by atoms with Gasteiger partial charge in [-0.1, -0.05) is 0 Å². The Bertz CT molecular complexity index is 97.6. The summed E-state index contributed by atoms with van der Waals surface area (Å²) in [5, 5.41) is 10.3. The number of carbonyl (C=O) groups excluding carboxylic acids is 1. The molecule has 56 valence electrons. The summed E-state index contributed by atoms with van der Waals surface area (Å²) in [5.74, 6) is -0.898. The van der Waals surface area contributed by atoms with Gasteiger partial charge in [-0.15, -0.1) is 17.0 Å². The van der Waals surface area contributed by atoms with E-state index >= 15 is 0 Å². The molecule has 0 saturated heterocycles. The molecule has 0 aromatic carbocycles. The molecule has 0 unspecified atom stereocenters. The molecular weight excluding hydrogens is 247 g/mol. The van der Waals surface area contributed by atoms with E-state index in [4.69, 9.17) is 0 Å². The molecule has 0 amide bonds. The standard InChI is InChI=1S/C5H11AsO2.BrH/c1-6(2,3)4-5(7)8;/h4H2,1-3H3;1H. The number of hydrogen-bond donors (Lipinski definition) is 0. The molecule has 0 aromatic heterocycles. The van der Waals surface area contributed by atoms with Crippen molar-refractivity contribution in [2.75, 3.05) is 0 Å². The van der Waals surface area contributed by atoms with Crippen molar-refractivity contribution in [2.45, 2.75) is 22.3 Å². The average Bonchev–Trinajstić information content (AvgIpc) is 1.21. The quantitative estimate of drug-likeness (QED) is 0.683. The molecule has 0 atom stereocenters. The van der Waals surface area contributed by atoms with Gasteiger partial charge in [-0.05, 0) is 0 Å². The summed E-state index contributed by atoms with van der Waals surface area (Å²) in [6, 6.07) is 0. The first-order chi connectivity index (χ1) is 3.42. The monoisotopic (exact) mass is 258 g/mol. The van der Waals surface area contributed by atoms with Crippen molar-refractivity contribution < 1.29 is 9.90 Å². The van der Waals surface area contributed by atoms with E-state index in [2.05, 4.69) is 0 Å². The van der Waals surface area contributed by atoms with Gasteiger partial charge in [-0.3, -0.25) is 0 Å². The first-order valence-corrected chi connectivity index (χ1v) is 9.38. The molecule has 0 bridgehead atoms. The molecule has 0 aliphatic carbocycles. The Hall–Kier alpha value is 0.508. The van der Waals surface area contributed by atoms with E-state index in [9.17, 15) is 9.90 Å². The second kappa shape index (κ2) is 4.34. The van der Waals surface area contributed by atoms with Gasteiger partial charge in [0, 0.05) is 0 Å². The van der Waals surface area contributed by atoms with E-state index in [1.165, 1.54) is 0 Å². The molecule has 0 radical (unpaired) electrons. The molecule has 0 fully saturated rings. The fourth-order valence-corrected chi connectivity index (χ4v) is 2.01. The van der Waals surface area contributed by atoms with Gasteiger partial charge in [-0.25, -0.2) is 0 Å². The van der Waals surface area contributed by atoms with Crippen LogP contribution in [-0.2, 0) is 4.79 Å². The number of aliphatic carboxylic acids is 1. The topological polar surface area (TPSA) is 40.1 Å². The zero-order valence-electron chi connectivity index (χ0n) is 5.88. The zero-order chi connectivity index (χ0) is 6.78. The average molecular weight is 259 g/mol. The Morgan fingerprint density at radius 1 is 1.44 bits per heavy atom. The summed E-state index contributed by atoms with van der Waals surface area (Å²) in [6.45, 7) is 0. The first kappa shape index (κ1) is 12.2. The van der Waals surface area contributed by atoms with Crippen molar-refractivity contribution in [1.82, 2.24) is 0 Å². The van der Waals surface area contributed by atoms with Crippen LogP contribution < -0.4 is 5.11 Å². The first-order valence-electron chi connectivity index (χ1n) is 2.42. The normalized spacial score (nSPS) is 10.1. The Morgan fingerprint density at radius 3 is 1.78 bits per heavy atom. The molecule has 0 aliphatic rings. The van der Waals surface area contributed by atoms with Crippen LogP contribution in [0.1, 0.15) is 0 Å². The second-order valence-corrected chi connectivity index (χ2v) is 13.1. The molecule has 0 aliphatic heterocycles. The van der Waals surface area contributed by atoms with E-state index in [1.54, 1.807) is 0 Å². The molecule has 0 saturated carbocycles. The predicted octanol–water partition coefficient (Wildman–Crippen LogP) is 0.652. The number of carboxylic acid groups (broad SMARTS) is 1. The van der Waals surface area contributed by atoms with Gasteiger partial charge in [-0.2, -0.15) is 0 Å². The summed E-state index contributed by atoms with van der Waals surface area (Å²) in [4.78, 5) is 9.95. The molecule has 0 aromatic rings. The summed E-state index contributed by atoms with van der Waals surface area (Å²) >= 11 is -1.68. The molecule has 0 heterocycles. The van der Waals surface area contributed by atoms with Crippen LogP contribution in [0.25, 0.3) is 0 Å². The Kier molecular flexibility index (Phi) is 5.89. The van der Waals surface area contributed by atoms with Gasteiger partial charge in [0.2, 0.25) is 0 Å². The number of carbonyl (C=O) groups is 1. The zero-order valence-corrected chi connectivity index (χ0v) is 9.47. The molecule has 0 N–H and O–H groups in total. The van der Waals surface area contributed by atoms with Crippen molar-refractivity contribution in [3.63, 3.8) is 0 Å². The minimum atomic E-state index is -1.68. The van der Waals surface area contributed by atoms with Crippen LogP contribution in [0.4, 0.5) is 0 Å². The van der Waals surface area contributed by atoms with E-state index in [1.807, 2.05) is 17.1 Å². The molecule has 4 heteroatoms. The van der Waals surface area contributed by atoms with Crippen molar-refractivity contribution >= 4 is 36.5 Å². The van der Waals surface area contributed by atoms with Crippen LogP contribution in [0.15, 0.2) is 0 Å². The molecule has 0 rings (SSSR count). The van der Waals surface area contributed by atoms with E-state index in [-0.39, 0.29) is 17.0 Å². The van der Waals surface area contributed by atoms with Gasteiger partial charge in [0.05, 0.1) is 0 Å². The summed E-state index contributed by atoms with van der Waals surface area (Å²) < 4.78 is 0. The van der Waals surface area contributed by atoms with Crippen molar-refractivity contribution in [1.29, 1.82) is 0 Å². The van der Waals surface area contributed by atoms with Gasteiger partial charge in [0.15, 0.2) is 0 Å². The second-order valence-electron chi connectivity index (χ2n) is 2.82. The van der Waals surface area contributed by atoms with E-state index < -0.39 is 19.5 Å². The van der Waals surface area contributed by atoms with E-state index in [0.29, 0.717) is 5.21 Å². The third-order valence-corrected chi connectivity index (χ3v) is 3.14. The number of hydrogen-bond acceptors (Lipinski definition) is 2. The van der Waals surface area contributed by atoms with E-state index in [0.717, 1.165) is 0 Å². The van der Waals surface area contributed by atoms with Crippen molar-refractivity contribution in [3.05, 3.63) is 0 Å². The van der Waals surface area contributed by atoms with Gasteiger partial charge >= 0.3 is 51.8 Å². The maximum absolute atomic E-state index is 9.95. The predicted molar refractivity (Wildman–Crippen MR) is 43.5 cm³/mol. The Morgan fingerprint density at radius 2 is 1.78 bits per heavy atom. The number of halogens is 1. The third kappa shape index (κ3) is 11.9. The van der Waals surface area contributed by atoms with Gasteiger partial charge in [0.25, 0.3) is 0 Å². The molecule has 0 spiro atoms. The van der Waals surface area contributed by atoms with Gasteiger partial charge < -0.3 is 0 Å².